The summed E-state index contributed by atoms with van der Waals surface area (Å²) in [7, 11) is 0. The molecule has 0 saturated heterocycles. The summed E-state index contributed by atoms with van der Waals surface area (Å²) in [6.07, 6.45) is 12.5. The number of hydrogen-bond acceptors (Lipinski definition) is 1. The fraction of sp³-hybridized carbons (Fsp3) is 0.529. The van der Waals surface area contributed by atoms with Crippen LogP contribution in [0.1, 0.15) is 63.5 Å². The van der Waals surface area contributed by atoms with Gasteiger partial charge in [0.1, 0.15) is 0 Å². The lowest BCUT2D eigenvalue weighted by molar-refractivity contribution is 0.181. The molecule has 0 spiro atoms. The first-order chi connectivity index (χ1) is 8.84. The fourth-order valence-corrected chi connectivity index (χ4v) is 2.02. The van der Waals surface area contributed by atoms with Gasteiger partial charge in [0, 0.05) is 0 Å². The van der Waals surface area contributed by atoms with E-state index in [1.54, 1.807) is 0 Å². The first-order valence-electron chi connectivity index (χ1n) is 7.22. The molecule has 1 heteroatoms. The van der Waals surface area contributed by atoms with E-state index in [4.69, 9.17) is 0 Å². The molecule has 0 aliphatic carbocycles. The minimum Gasteiger partial charge on any atom is -0.388 e. The Balaban J connectivity index is 2.09. The molecular formula is C17H26O. The quantitative estimate of drug-likeness (QED) is 0.479. The molecule has 0 aliphatic heterocycles. The summed E-state index contributed by atoms with van der Waals surface area (Å²) in [6.45, 7) is 2.24. The second-order valence-electron chi connectivity index (χ2n) is 4.84. The number of rotatable bonds is 9. The first kappa shape index (κ1) is 15.0. The van der Waals surface area contributed by atoms with Crippen LogP contribution in [0.25, 0.3) is 0 Å². The number of aliphatic hydroxyl groups excluding tert-OH is 1. The van der Waals surface area contributed by atoms with Gasteiger partial charge in [0.05, 0.1) is 6.10 Å². The van der Waals surface area contributed by atoms with Crippen LogP contribution in [0.15, 0.2) is 42.5 Å². The molecule has 1 aromatic carbocycles. The van der Waals surface area contributed by atoms with Crippen LogP contribution in [0.4, 0.5) is 0 Å². The Morgan fingerprint density at radius 2 is 1.72 bits per heavy atom. The minimum atomic E-state index is -0.359. The molecular weight excluding hydrogens is 220 g/mol. The molecule has 1 unspecified atom stereocenters. The zero-order valence-corrected chi connectivity index (χ0v) is 11.5. The van der Waals surface area contributed by atoms with Gasteiger partial charge >= 0.3 is 0 Å². The van der Waals surface area contributed by atoms with Crippen LogP contribution in [0.3, 0.4) is 0 Å². The summed E-state index contributed by atoms with van der Waals surface area (Å²) in [6, 6.07) is 9.86. The van der Waals surface area contributed by atoms with Crippen LogP contribution >= 0.6 is 0 Å². The van der Waals surface area contributed by atoms with Crippen molar-refractivity contribution in [3.8, 4) is 0 Å². The van der Waals surface area contributed by atoms with Gasteiger partial charge in [-0.15, -0.1) is 0 Å². The zero-order valence-electron chi connectivity index (χ0n) is 11.5. The van der Waals surface area contributed by atoms with E-state index < -0.39 is 0 Å². The van der Waals surface area contributed by atoms with Gasteiger partial charge in [-0.3, -0.25) is 0 Å². The lowest BCUT2D eigenvalue weighted by Gasteiger charge is -2.07. The normalized spacial score (nSPS) is 13.0. The third-order valence-electron chi connectivity index (χ3n) is 3.18. The first-order valence-corrected chi connectivity index (χ1v) is 7.22. The Morgan fingerprint density at radius 1 is 1.00 bits per heavy atom. The molecule has 1 N–H and O–H groups in total. The predicted molar refractivity (Wildman–Crippen MR) is 78.5 cm³/mol. The topological polar surface area (TPSA) is 20.2 Å². The fourth-order valence-electron chi connectivity index (χ4n) is 2.02. The van der Waals surface area contributed by atoms with Crippen LogP contribution in [0.5, 0.6) is 0 Å². The number of allylic oxidation sites excluding steroid dienone is 1. The zero-order chi connectivity index (χ0) is 13.1. The largest absolute Gasteiger partial charge is 0.388 e. The monoisotopic (exact) mass is 246 g/mol. The highest BCUT2D eigenvalue weighted by molar-refractivity contribution is 5.17. The molecule has 100 valence electrons. The van der Waals surface area contributed by atoms with Crippen molar-refractivity contribution in [2.24, 2.45) is 0 Å². The van der Waals surface area contributed by atoms with Crippen LogP contribution in [-0.4, -0.2) is 5.11 Å². The summed E-state index contributed by atoms with van der Waals surface area (Å²) < 4.78 is 0. The van der Waals surface area contributed by atoms with Crippen molar-refractivity contribution < 1.29 is 5.11 Å². The van der Waals surface area contributed by atoms with Crippen LogP contribution < -0.4 is 0 Å². The molecule has 1 nitrogen and oxygen atoms in total. The Hall–Kier alpha value is -1.08. The van der Waals surface area contributed by atoms with Crippen molar-refractivity contribution in [3.63, 3.8) is 0 Å². The molecule has 0 fully saturated rings. The third kappa shape index (κ3) is 6.61. The van der Waals surface area contributed by atoms with E-state index in [2.05, 4.69) is 19.1 Å². The number of hydrogen-bond donors (Lipinski definition) is 1. The van der Waals surface area contributed by atoms with E-state index >= 15 is 0 Å². The second-order valence-corrected chi connectivity index (χ2v) is 4.84. The van der Waals surface area contributed by atoms with Crippen molar-refractivity contribution in [2.45, 2.75) is 58.0 Å². The van der Waals surface area contributed by atoms with Crippen molar-refractivity contribution in [2.75, 3.05) is 0 Å². The molecule has 0 radical (unpaired) electrons. The summed E-state index contributed by atoms with van der Waals surface area (Å²) in [5.41, 5.74) is 1.00. The molecule has 0 aliphatic rings. The summed E-state index contributed by atoms with van der Waals surface area (Å²) in [5.74, 6) is 0. The van der Waals surface area contributed by atoms with Gasteiger partial charge in [-0.1, -0.05) is 75.1 Å². The minimum absolute atomic E-state index is 0.359. The summed E-state index contributed by atoms with van der Waals surface area (Å²) >= 11 is 0. The highest BCUT2D eigenvalue weighted by atomic mass is 16.3. The van der Waals surface area contributed by atoms with E-state index in [9.17, 15) is 5.11 Å². The molecule has 0 heterocycles. The van der Waals surface area contributed by atoms with Crippen LogP contribution in [0, 0.1) is 0 Å². The molecule has 0 aromatic heterocycles. The standard InChI is InChI=1S/C17H26O/c1-2-3-4-5-6-7-8-12-15-17(18)16-13-10-9-11-14-16/h8-14,17-18H,2-7,15H2,1H3/b12-8+. The Labute approximate surface area is 112 Å². The van der Waals surface area contributed by atoms with Gasteiger partial charge in [0.2, 0.25) is 0 Å². The molecule has 0 saturated carbocycles. The van der Waals surface area contributed by atoms with E-state index in [1.807, 2.05) is 30.3 Å². The highest BCUT2D eigenvalue weighted by Crippen LogP contribution is 2.16. The predicted octanol–water partition coefficient (Wildman–Crippen LogP) is 5.03. The van der Waals surface area contributed by atoms with Gasteiger partial charge < -0.3 is 5.11 Å². The number of unbranched alkanes of at least 4 members (excludes halogenated alkanes) is 5. The molecule has 1 aromatic rings. The van der Waals surface area contributed by atoms with Crippen molar-refractivity contribution in [1.29, 1.82) is 0 Å². The van der Waals surface area contributed by atoms with Gasteiger partial charge in [0.15, 0.2) is 0 Å². The summed E-state index contributed by atoms with van der Waals surface area (Å²) in [5, 5.41) is 9.94. The van der Waals surface area contributed by atoms with Crippen LogP contribution in [0.2, 0.25) is 0 Å². The molecule has 18 heavy (non-hydrogen) atoms. The van der Waals surface area contributed by atoms with Gasteiger partial charge in [-0.2, -0.15) is 0 Å². The van der Waals surface area contributed by atoms with Crippen molar-refractivity contribution >= 4 is 0 Å². The van der Waals surface area contributed by atoms with Crippen molar-refractivity contribution in [1.82, 2.24) is 0 Å². The Morgan fingerprint density at radius 3 is 2.44 bits per heavy atom. The van der Waals surface area contributed by atoms with E-state index in [1.165, 1.54) is 32.1 Å². The van der Waals surface area contributed by atoms with E-state index in [-0.39, 0.29) is 6.10 Å². The SMILES string of the molecule is CCCCCCC/C=C/CC(O)c1ccccc1. The second kappa shape index (κ2) is 9.90. The molecule has 0 bridgehead atoms. The number of benzene rings is 1. The summed E-state index contributed by atoms with van der Waals surface area (Å²) in [4.78, 5) is 0. The van der Waals surface area contributed by atoms with E-state index in [0.29, 0.717) is 0 Å². The Kier molecular flexibility index (Phi) is 8.24. The Bertz CT molecular complexity index is 316. The maximum absolute atomic E-state index is 9.94. The van der Waals surface area contributed by atoms with Crippen LogP contribution in [-0.2, 0) is 0 Å². The smallest absolute Gasteiger partial charge is 0.0824 e. The molecule has 1 atom stereocenters. The van der Waals surface area contributed by atoms with E-state index in [0.717, 1.165) is 18.4 Å². The number of aliphatic hydroxyl groups is 1. The maximum atomic E-state index is 9.94. The lowest BCUT2D eigenvalue weighted by atomic mass is 10.1. The average Bonchev–Trinajstić information content (AvgIpc) is 2.42. The maximum Gasteiger partial charge on any atom is 0.0824 e. The molecule has 1 rings (SSSR count). The van der Waals surface area contributed by atoms with Crippen molar-refractivity contribution in [3.05, 3.63) is 48.0 Å². The third-order valence-corrected chi connectivity index (χ3v) is 3.18. The van der Waals surface area contributed by atoms with Gasteiger partial charge in [-0.25, -0.2) is 0 Å². The van der Waals surface area contributed by atoms with Gasteiger partial charge in [-0.05, 0) is 24.8 Å². The molecule has 0 amide bonds. The average molecular weight is 246 g/mol. The highest BCUT2D eigenvalue weighted by Gasteiger charge is 2.02. The lowest BCUT2D eigenvalue weighted by Crippen LogP contribution is -1.94. The van der Waals surface area contributed by atoms with Gasteiger partial charge in [0.25, 0.3) is 0 Å².